The highest BCUT2D eigenvalue weighted by Gasteiger charge is 2.31. The minimum Gasteiger partial charge on any atom is -0.504 e. The molecular formula is C28H33N2O2+. The van der Waals surface area contributed by atoms with Crippen LogP contribution in [-0.4, -0.2) is 11.7 Å². The van der Waals surface area contributed by atoms with E-state index in [9.17, 15) is 5.11 Å². The van der Waals surface area contributed by atoms with Crippen LogP contribution in [0.5, 0.6) is 11.5 Å². The lowest BCUT2D eigenvalue weighted by molar-refractivity contribution is -0.731. The van der Waals surface area contributed by atoms with E-state index in [2.05, 4.69) is 79.9 Å². The monoisotopic (exact) mass is 429 g/mol. The Morgan fingerprint density at radius 2 is 1.75 bits per heavy atom. The van der Waals surface area contributed by atoms with Crippen LogP contribution in [0.1, 0.15) is 59.4 Å². The number of aryl methyl sites for hydroxylation is 3. The van der Waals surface area contributed by atoms with Crippen LogP contribution in [0.15, 0.2) is 66.7 Å². The van der Waals surface area contributed by atoms with Gasteiger partial charge in [-0.1, -0.05) is 61.0 Å². The molecule has 0 aromatic heterocycles. The maximum atomic E-state index is 11.0. The van der Waals surface area contributed by atoms with E-state index in [4.69, 9.17) is 4.74 Å². The first kappa shape index (κ1) is 22.0. The Morgan fingerprint density at radius 3 is 2.44 bits per heavy atom. The van der Waals surface area contributed by atoms with Gasteiger partial charge in [-0.15, -0.1) is 0 Å². The maximum Gasteiger partial charge on any atom is 0.186 e. The molecule has 1 aliphatic rings. The summed E-state index contributed by atoms with van der Waals surface area (Å²) in [7, 11) is 0. The fourth-order valence-electron chi connectivity index (χ4n) is 4.44. The van der Waals surface area contributed by atoms with Crippen LogP contribution in [0.3, 0.4) is 0 Å². The fourth-order valence-corrected chi connectivity index (χ4v) is 4.44. The number of hydrogen-bond donors (Lipinski definition) is 3. The summed E-state index contributed by atoms with van der Waals surface area (Å²) in [6.07, 6.45) is 3.25. The molecule has 0 amide bonds. The van der Waals surface area contributed by atoms with E-state index < -0.39 is 0 Å². The van der Waals surface area contributed by atoms with Gasteiger partial charge in [0, 0.05) is 17.3 Å². The summed E-state index contributed by atoms with van der Waals surface area (Å²) in [4.78, 5) is 0. The molecule has 3 aromatic carbocycles. The van der Waals surface area contributed by atoms with Gasteiger partial charge in [0.05, 0.1) is 12.2 Å². The molecule has 0 bridgehead atoms. The molecule has 166 valence electrons. The number of nitrogens with two attached hydrogens (primary N) is 1. The molecule has 3 aromatic rings. The number of para-hydroxylation sites is 1. The molecule has 4 rings (SSSR count). The second-order valence-corrected chi connectivity index (χ2v) is 8.46. The molecule has 0 saturated heterocycles. The van der Waals surface area contributed by atoms with E-state index in [1.165, 1.54) is 22.3 Å². The van der Waals surface area contributed by atoms with E-state index in [1.807, 2.05) is 25.1 Å². The number of aromatic hydroxyl groups is 1. The summed E-state index contributed by atoms with van der Waals surface area (Å²) in [5.74, 6) is 0.746. The predicted molar refractivity (Wildman–Crippen MR) is 130 cm³/mol. The first-order valence-corrected chi connectivity index (χ1v) is 11.4. The molecule has 32 heavy (non-hydrogen) atoms. The summed E-state index contributed by atoms with van der Waals surface area (Å²) in [6, 6.07) is 21.0. The molecule has 0 saturated carbocycles. The molecule has 0 radical (unpaired) electrons. The molecule has 0 fully saturated rings. The van der Waals surface area contributed by atoms with Crippen LogP contribution in [-0.2, 0) is 6.42 Å². The summed E-state index contributed by atoms with van der Waals surface area (Å²) < 4.78 is 5.65. The third-order valence-corrected chi connectivity index (χ3v) is 6.18. The third-order valence-electron chi connectivity index (χ3n) is 6.18. The molecule has 1 aliphatic heterocycles. The van der Waals surface area contributed by atoms with Gasteiger partial charge in [0.2, 0.25) is 0 Å². The van der Waals surface area contributed by atoms with E-state index in [0.29, 0.717) is 12.4 Å². The van der Waals surface area contributed by atoms with Gasteiger partial charge in [0.15, 0.2) is 17.7 Å². The van der Waals surface area contributed by atoms with Crippen molar-refractivity contribution in [2.24, 2.45) is 0 Å². The quantitative estimate of drug-likeness (QED) is 0.521. The standard InChI is InChI=1S/C28H32N2O2/c1-5-20-11-13-21(14-12-20)24-17-25(23-8-7-9-26(27(23)31)32-6-2)30-28(29-24)22-15-10-18(3)16-19(22)4/h7-17,25,28-31H,5-6H2,1-4H3/p+1. The Balaban J connectivity index is 1.77. The molecule has 0 aliphatic carbocycles. The van der Waals surface area contributed by atoms with Gasteiger partial charge >= 0.3 is 0 Å². The van der Waals surface area contributed by atoms with Crippen LogP contribution < -0.4 is 15.4 Å². The van der Waals surface area contributed by atoms with Gasteiger partial charge < -0.3 is 20.5 Å². The van der Waals surface area contributed by atoms with Crippen molar-refractivity contribution >= 4 is 5.70 Å². The van der Waals surface area contributed by atoms with Crippen LogP contribution in [0, 0.1) is 13.8 Å². The van der Waals surface area contributed by atoms with E-state index >= 15 is 0 Å². The van der Waals surface area contributed by atoms with E-state index in [0.717, 1.165) is 23.2 Å². The van der Waals surface area contributed by atoms with Gasteiger partial charge in [-0.25, -0.2) is 0 Å². The lowest BCUT2D eigenvalue weighted by Crippen LogP contribution is -2.90. The molecule has 2 unspecified atom stereocenters. The highest BCUT2D eigenvalue weighted by atomic mass is 16.5. The van der Waals surface area contributed by atoms with Crippen molar-refractivity contribution in [2.45, 2.75) is 46.3 Å². The molecule has 4 N–H and O–H groups in total. The lowest BCUT2D eigenvalue weighted by Gasteiger charge is -2.31. The summed E-state index contributed by atoms with van der Waals surface area (Å²) in [5.41, 5.74) is 8.16. The second-order valence-electron chi connectivity index (χ2n) is 8.46. The average Bonchev–Trinajstić information content (AvgIpc) is 2.80. The summed E-state index contributed by atoms with van der Waals surface area (Å²) >= 11 is 0. The van der Waals surface area contributed by atoms with Crippen molar-refractivity contribution in [2.75, 3.05) is 6.61 Å². The maximum absolute atomic E-state index is 11.0. The molecule has 4 heteroatoms. The Labute approximate surface area is 191 Å². The number of phenols is 1. The zero-order valence-electron chi connectivity index (χ0n) is 19.4. The Hall–Kier alpha value is -3.24. The number of ether oxygens (including phenoxy) is 1. The fraction of sp³-hybridized carbons (Fsp3) is 0.286. The lowest BCUT2D eigenvalue weighted by atomic mass is 9.95. The van der Waals surface area contributed by atoms with Gasteiger partial charge in [-0.2, -0.15) is 0 Å². The van der Waals surface area contributed by atoms with Gasteiger partial charge in [-0.3, -0.25) is 0 Å². The van der Waals surface area contributed by atoms with Crippen molar-refractivity contribution in [3.05, 3.63) is 100 Å². The Kier molecular flexibility index (Phi) is 6.52. The zero-order valence-corrected chi connectivity index (χ0v) is 19.4. The van der Waals surface area contributed by atoms with E-state index in [-0.39, 0.29) is 18.0 Å². The predicted octanol–water partition coefficient (Wildman–Crippen LogP) is 4.92. The summed E-state index contributed by atoms with van der Waals surface area (Å²) in [6.45, 7) is 8.89. The number of nitrogens with one attached hydrogen (secondary N) is 1. The first-order chi connectivity index (χ1) is 15.5. The van der Waals surface area contributed by atoms with Crippen molar-refractivity contribution in [3.8, 4) is 11.5 Å². The largest absolute Gasteiger partial charge is 0.504 e. The number of quaternary nitrogens is 1. The smallest absolute Gasteiger partial charge is 0.186 e. The number of phenolic OH excluding ortho intramolecular Hbond substituents is 1. The molecule has 4 nitrogen and oxygen atoms in total. The van der Waals surface area contributed by atoms with Crippen molar-refractivity contribution in [1.29, 1.82) is 0 Å². The van der Waals surface area contributed by atoms with Crippen LogP contribution in [0.4, 0.5) is 0 Å². The Bertz CT molecular complexity index is 1120. The average molecular weight is 430 g/mol. The highest BCUT2D eigenvalue weighted by molar-refractivity contribution is 5.66. The molecule has 0 spiro atoms. The first-order valence-electron chi connectivity index (χ1n) is 11.4. The van der Waals surface area contributed by atoms with Gasteiger partial charge in [0.1, 0.15) is 6.04 Å². The zero-order chi connectivity index (χ0) is 22.7. The minimum atomic E-state index is -0.0526. The van der Waals surface area contributed by atoms with Gasteiger partial charge in [-0.05, 0) is 56.0 Å². The third kappa shape index (κ3) is 4.51. The SMILES string of the molecule is CCOc1cccc(C2C=C(c3ccc(CC)cc3)NC(c3ccc(C)cc3C)[NH2+]2)c1O. The van der Waals surface area contributed by atoms with Gasteiger partial charge in [0.25, 0.3) is 0 Å². The molecule has 2 atom stereocenters. The number of hydrogen-bond acceptors (Lipinski definition) is 3. The second kappa shape index (κ2) is 9.49. The topological polar surface area (TPSA) is 58.1 Å². The van der Waals surface area contributed by atoms with Crippen molar-refractivity contribution in [3.63, 3.8) is 0 Å². The number of benzene rings is 3. The number of rotatable bonds is 6. The van der Waals surface area contributed by atoms with Crippen LogP contribution in [0.2, 0.25) is 0 Å². The summed E-state index contributed by atoms with van der Waals surface area (Å²) in [5, 5.41) is 17.0. The minimum absolute atomic E-state index is 0.0293. The highest BCUT2D eigenvalue weighted by Crippen LogP contribution is 2.35. The Morgan fingerprint density at radius 1 is 0.969 bits per heavy atom. The molecular weight excluding hydrogens is 396 g/mol. The van der Waals surface area contributed by atoms with Crippen LogP contribution >= 0.6 is 0 Å². The normalized spacial score (nSPS) is 18.1. The molecule has 1 heterocycles. The van der Waals surface area contributed by atoms with E-state index in [1.54, 1.807) is 0 Å². The van der Waals surface area contributed by atoms with Crippen LogP contribution in [0.25, 0.3) is 5.70 Å². The van der Waals surface area contributed by atoms with Crippen molar-refractivity contribution in [1.82, 2.24) is 5.32 Å². The van der Waals surface area contributed by atoms with Crippen molar-refractivity contribution < 1.29 is 15.2 Å².